The number of alkyl halides is 3. The van der Waals surface area contributed by atoms with Gasteiger partial charge in [0.2, 0.25) is 0 Å². The Morgan fingerprint density at radius 3 is 2.54 bits per heavy atom. The van der Waals surface area contributed by atoms with Crippen molar-refractivity contribution in [3.63, 3.8) is 0 Å². The maximum absolute atomic E-state index is 12.1. The zero-order valence-electron chi connectivity index (χ0n) is 14.2. The van der Waals surface area contributed by atoms with Crippen molar-refractivity contribution in [3.8, 4) is 0 Å². The van der Waals surface area contributed by atoms with Crippen molar-refractivity contribution in [1.29, 1.82) is 0 Å². The van der Waals surface area contributed by atoms with E-state index >= 15 is 0 Å². The molecule has 7 nitrogen and oxygen atoms in total. The quantitative estimate of drug-likeness (QED) is 0.359. The van der Waals surface area contributed by atoms with Crippen molar-refractivity contribution in [2.45, 2.75) is 44.8 Å². The van der Waals surface area contributed by atoms with Crippen molar-refractivity contribution in [2.75, 3.05) is 18.8 Å². The maximum Gasteiger partial charge on any atom is 0.471 e. The Bertz CT molecular complexity index is 536. The summed E-state index contributed by atoms with van der Waals surface area (Å²) in [6.45, 7) is 1.67. The summed E-state index contributed by atoms with van der Waals surface area (Å²) in [4.78, 5) is 45.8. The van der Waals surface area contributed by atoms with E-state index in [1.807, 2.05) is 0 Å². The zero-order chi connectivity index (χ0) is 19.7. The first-order valence-electron chi connectivity index (χ1n) is 8.08. The number of amides is 1. The van der Waals surface area contributed by atoms with Crippen LogP contribution in [0.1, 0.15) is 32.6 Å². The number of hydrogen-bond acceptors (Lipinski definition) is 7. The molecule has 0 radical (unpaired) electrons. The van der Waals surface area contributed by atoms with E-state index in [9.17, 15) is 32.3 Å². The van der Waals surface area contributed by atoms with Gasteiger partial charge in [-0.15, -0.1) is 0 Å². The molecule has 0 saturated carbocycles. The van der Waals surface area contributed by atoms with Crippen molar-refractivity contribution in [2.24, 2.45) is 5.92 Å². The first kappa shape index (κ1) is 22.4. The van der Waals surface area contributed by atoms with Gasteiger partial charge >= 0.3 is 24.0 Å². The van der Waals surface area contributed by atoms with Crippen LogP contribution in [0.2, 0.25) is 0 Å². The Balaban J connectivity index is 2.49. The summed E-state index contributed by atoms with van der Waals surface area (Å²) in [5.41, 5.74) is 0. The van der Waals surface area contributed by atoms with E-state index in [4.69, 9.17) is 4.74 Å². The highest BCUT2D eigenvalue weighted by molar-refractivity contribution is 8.13. The van der Waals surface area contributed by atoms with Gasteiger partial charge in [0, 0.05) is 19.2 Å². The summed E-state index contributed by atoms with van der Waals surface area (Å²) < 4.78 is 41.1. The number of ether oxygens (including phenoxy) is 1. The summed E-state index contributed by atoms with van der Waals surface area (Å²) in [6, 6.07) is -0.550. The molecular weight excluding hydrogens is 377 g/mol. The summed E-state index contributed by atoms with van der Waals surface area (Å²) in [6.07, 6.45) is -3.49. The normalized spacial score (nSPS) is 18.2. The van der Waals surface area contributed by atoms with Crippen LogP contribution < -0.4 is 10.6 Å². The SMILES string of the molecule is CC(=O)SCC(CCCNC(=O)C(F)(F)F)C(=O)OC(=O)[C@@H]1CCCN1. The highest BCUT2D eigenvalue weighted by Gasteiger charge is 2.38. The van der Waals surface area contributed by atoms with Gasteiger partial charge in [0.15, 0.2) is 5.12 Å². The van der Waals surface area contributed by atoms with Crippen molar-refractivity contribution in [1.82, 2.24) is 10.6 Å². The van der Waals surface area contributed by atoms with E-state index < -0.39 is 36.0 Å². The lowest BCUT2D eigenvalue weighted by Gasteiger charge is -2.16. The third-order valence-corrected chi connectivity index (χ3v) is 4.62. The van der Waals surface area contributed by atoms with Crippen molar-refractivity contribution < 1.29 is 37.1 Å². The highest BCUT2D eigenvalue weighted by Crippen LogP contribution is 2.18. The molecule has 1 unspecified atom stereocenters. The monoisotopic (exact) mass is 398 g/mol. The van der Waals surface area contributed by atoms with Gasteiger partial charge in [-0.3, -0.25) is 14.4 Å². The van der Waals surface area contributed by atoms with Gasteiger partial charge in [-0.1, -0.05) is 11.8 Å². The largest absolute Gasteiger partial charge is 0.471 e. The highest BCUT2D eigenvalue weighted by atomic mass is 32.2. The molecule has 148 valence electrons. The molecule has 1 rings (SSSR count). The Kier molecular flexibility index (Phi) is 9.06. The molecular formula is C15H21F3N2O5S. The van der Waals surface area contributed by atoms with Gasteiger partial charge < -0.3 is 15.4 Å². The molecule has 1 aliphatic rings. The summed E-state index contributed by atoms with van der Waals surface area (Å²) in [5.74, 6) is -4.36. The molecule has 0 aliphatic carbocycles. The third kappa shape index (κ3) is 8.17. The van der Waals surface area contributed by atoms with E-state index in [2.05, 4.69) is 5.32 Å². The molecule has 0 aromatic rings. The summed E-state index contributed by atoms with van der Waals surface area (Å²) >= 11 is 0.862. The number of esters is 2. The number of carbonyl (C=O) groups excluding carboxylic acids is 4. The van der Waals surface area contributed by atoms with E-state index in [0.717, 1.165) is 18.2 Å². The van der Waals surface area contributed by atoms with Gasteiger partial charge in [0.1, 0.15) is 6.04 Å². The molecule has 0 aromatic heterocycles. The fourth-order valence-corrected chi connectivity index (χ4v) is 3.02. The molecule has 1 heterocycles. The Morgan fingerprint density at radius 1 is 1.31 bits per heavy atom. The Labute approximate surface area is 152 Å². The molecule has 1 saturated heterocycles. The Hall–Kier alpha value is -1.62. The molecule has 0 spiro atoms. The number of hydrogen-bond donors (Lipinski definition) is 2. The molecule has 2 N–H and O–H groups in total. The van der Waals surface area contributed by atoms with Crippen LogP contribution in [0.15, 0.2) is 0 Å². The predicted octanol–water partition coefficient (Wildman–Crippen LogP) is 1.16. The second-order valence-corrected chi connectivity index (χ2v) is 6.98. The lowest BCUT2D eigenvalue weighted by atomic mass is 10.1. The maximum atomic E-state index is 12.1. The molecule has 1 fully saturated rings. The first-order valence-corrected chi connectivity index (χ1v) is 9.07. The minimum atomic E-state index is -4.97. The predicted molar refractivity (Wildman–Crippen MR) is 87.1 cm³/mol. The summed E-state index contributed by atoms with van der Waals surface area (Å²) in [5, 5.41) is 4.35. The first-order chi connectivity index (χ1) is 12.1. The Morgan fingerprint density at radius 2 is 2.00 bits per heavy atom. The summed E-state index contributed by atoms with van der Waals surface area (Å²) in [7, 11) is 0. The van der Waals surface area contributed by atoms with Gasteiger partial charge in [-0.2, -0.15) is 13.2 Å². The molecule has 2 atom stereocenters. The van der Waals surface area contributed by atoms with Crippen LogP contribution in [-0.4, -0.2) is 54.0 Å². The number of thioether (sulfide) groups is 1. The average Bonchev–Trinajstić information content (AvgIpc) is 3.07. The third-order valence-electron chi connectivity index (χ3n) is 3.64. The fraction of sp³-hybridized carbons (Fsp3) is 0.733. The molecule has 11 heteroatoms. The van der Waals surface area contributed by atoms with E-state index in [-0.39, 0.29) is 30.3 Å². The van der Waals surface area contributed by atoms with E-state index in [1.165, 1.54) is 6.92 Å². The van der Waals surface area contributed by atoms with Crippen molar-refractivity contribution >= 4 is 34.7 Å². The molecule has 0 bridgehead atoms. The smallest absolute Gasteiger partial charge is 0.392 e. The fourth-order valence-electron chi connectivity index (χ4n) is 2.28. The van der Waals surface area contributed by atoms with Crippen LogP contribution in [0.25, 0.3) is 0 Å². The molecule has 0 aromatic carbocycles. The average molecular weight is 398 g/mol. The standard InChI is InChI=1S/C15H21F3N2O5S/c1-9(21)26-8-10(4-2-7-20-14(24)15(16,17)18)12(22)25-13(23)11-5-3-6-19-11/h10-11,19H,2-8H2,1H3,(H,20,24)/t10?,11-/m0/s1. The second kappa shape index (κ2) is 10.5. The zero-order valence-corrected chi connectivity index (χ0v) is 15.0. The number of nitrogens with one attached hydrogen (secondary N) is 2. The van der Waals surface area contributed by atoms with Crippen LogP contribution in [0.5, 0.6) is 0 Å². The molecule has 1 aliphatic heterocycles. The van der Waals surface area contributed by atoms with Gasteiger partial charge in [-0.05, 0) is 32.2 Å². The van der Waals surface area contributed by atoms with E-state index in [0.29, 0.717) is 13.0 Å². The lowest BCUT2D eigenvalue weighted by Crippen LogP contribution is -2.38. The topological polar surface area (TPSA) is 102 Å². The van der Waals surface area contributed by atoms with Gasteiger partial charge in [-0.25, -0.2) is 4.79 Å². The number of halogens is 3. The number of carbonyl (C=O) groups is 4. The van der Waals surface area contributed by atoms with Gasteiger partial charge in [0.25, 0.3) is 0 Å². The van der Waals surface area contributed by atoms with Crippen molar-refractivity contribution in [3.05, 3.63) is 0 Å². The second-order valence-electron chi connectivity index (χ2n) is 5.78. The van der Waals surface area contributed by atoms with E-state index in [1.54, 1.807) is 5.32 Å². The van der Waals surface area contributed by atoms with Crippen LogP contribution in [0.3, 0.4) is 0 Å². The molecule has 26 heavy (non-hydrogen) atoms. The van der Waals surface area contributed by atoms with Crippen LogP contribution in [0, 0.1) is 5.92 Å². The lowest BCUT2D eigenvalue weighted by molar-refractivity contribution is -0.173. The minimum Gasteiger partial charge on any atom is -0.392 e. The minimum absolute atomic E-state index is 0.0484. The van der Waals surface area contributed by atoms with Crippen LogP contribution in [0.4, 0.5) is 13.2 Å². The molecule has 1 amide bonds. The number of rotatable bonds is 8. The van der Waals surface area contributed by atoms with Gasteiger partial charge in [0.05, 0.1) is 5.92 Å². The van der Waals surface area contributed by atoms with Crippen LogP contribution >= 0.6 is 11.8 Å². The van der Waals surface area contributed by atoms with Crippen LogP contribution in [-0.2, 0) is 23.9 Å².